The fraction of sp³-hybridized carbons (Fsp3) is 0.400. The van der Waals surface area contributed by atoms with E-state index >= 15 is 0 Å². The Morgan fingerprint density at radius 3 is 1.88 bits per heavy atom. The van der Waals surface area contributed by atoms with E-state index in [4.69, 9.17) is 29.5 Å². The monoisotopic (exact) mass is 844 g/mol. The van der Waals surface area contributed by atoms with Crippen molar-refractivity contribution < 1.29 is 37.7 Å². The summed E-state index contributed by atoms with van der Waals surface area (Å²) < 4.78 is 53.9. The van der Waals surface area contributed by atoms with Crippen LogP contribution in [0.25, 0.3) is 0 Å². The Bertz CT molecular complexity index is 1700. The number of aliphatic hydroxyl groups is 1. The minimum Gasteiger partial charge on any atom is -0.396 e. The van der Waals surface area contributed by atoms with Gasteiger partial charge in [-0.05, 0) is 60.4 Å². The highest BCUT2D eigenvalue weighted by Crippen LogP contribution is 2.43. The molecule has 0 amide bonds. The maximum Gasteiger partial charge on any atom is 0.128 e. The lowest BCUT2D eigenvalue weighted by Gasteiger charge is -2.43. The van der Waals surface area contributed by atoms with Crippen LogP contribution in [0.5, 0.6) is 0 Å². The summed E-state index contributed by atoms with van der Waals surface area (Å²) in [6.45, 7) is 2.86. The first kappa shape index (κ1) is 39.1. The SMILES string of the molecule is Fc1ccc(Br)cc1[C@]12CO[C@@H](COCc3ccccc3)C[C@H]1CON2.N[C@@]1(c2cc(Br)ccc2F)CO[C@@H](COCc2ccccc2)C[C@H]1CO. The highest BCUT2D eigenvalue weighted by atomic mass is 79.9. The van der Waals surface area contributed by atoms with Crippen LogP contribution >= 0.6 is 31.9 Å². The quantitative estimate of drug-likeness (QED) is 0.145. The summed E-state index contributed by atoms with van der Waals surface area (Å²) in [5.41, 5.74) is 11.0. The average Bonchev–Trinajstić information content (AvgIpc) is 3.60. The Kier molecular flexibility index (Phi) is 13.6. The molecule has 3 aliphatic rings. The molecule has 0 radical (unpaired) electrons. The second-order valence-electron chi connectivity index (χ2n) is 13.6. The molecule has 0 saturated carbocycles. The van der Waals surface area contributed by atoms with E-state index in [0.717, 1.165) is 26.5 Å². The molecule has 3 fully saturated rings. The van der Waals surface area contributed by atoms with Gasteiger partial charge in [0.05, 0.1) is 69.5 Å². The van der Waals surface area contributed by atoms with Gasteiger partial charge in [0.1, 0.15) is 11.6 Å². The molecule has 0 spiro atoms. The summed E-state index contributed by atoms with van der Waals surface area (Å²) in [7, 11) is 0. The molecule has 4 aromatic rings. The first-order valence-electron chi connectivity index (χ1n) is 17.4. The molecule has 4 aromatic carbocycles. The number of fused-ring (bicyclic) bond motifs is 1. The number of aliphatic hydroxyl groups excluding tert-OH is 1. The second kappa shape index (κ2) is 18.1. The maximum atomic E-state index is 14.5. The van der Waals surface area contributed by atoms with E-state index < -0.39 is 16.9 Å². The van der Waals surface area contributed by atoms with Crippen molar-refractivity contribution in [1.82, 2.24) is 5.48 Å². The summed E-state index contributed by atoms with van der Waals surface area (Å²) >= 11 is 6.78. The fourth-order valence-corrected chi connectivity index (χ4v) is 7.82. The molecule has 7 rings (SSSR count). The van der Waals surface area contributed by atoms with E-state index in [1.165, 1.54) is 12.1 Å². The minimum absolute atomic E-state index is 0.0180. The molecule has 3 heterocycles. The van der Waals surface area contributed by atoms with Gasteiger partial charge in [0.25, 0.3) is 0 Å². The van der Waals surface area contributed by atoms with Gasteiger partial charge in [-0.3, -0.25) is 0 Å². The van der Waals surface area contributed by atoms with Crippen LogP contribution < -0.4 is 11.2 Å². The molecule has 0 aliphatic carbocycles. The second-order valence-corrected chi connectivity index (χ2v) is 15.4. The van der Waals surface area contributed by atoms with Crippen molar-refractivity contribution in [1.29, 1.82) is 0 Å². The number of halogens is 4. The van der Waals surface area contributed by atoms with Crippen LogP contribution in [0.3, 0.4) is 0 Å². The van der Waals surface area contributed by atoms with Gasteiger partial charge >= 0.3 is 0 Å². The van der Waals surface area contributed by atoms with E-state index in [2.05, 4.69) is 37.3 Å². The van der Waals surface area contributed by atoms with Crippen molar-refractivity contribution in [3.8, 4) is 0 Å². The van der Waals surface area contributed by atoms with Crippen LogP contribution in [0.4, 0.5) is 8.78 Å². The highest BCUT2D eigenvalue weighted by Gasteiger charge is 2.51. The third kappa shape index (κ3) is 9.35. The topological polar surface area (TPSA) is 104 Å². The molecule has 0 aromatic heterocycles. The van der Waals surface area contributed by atoms with Crippen molar-refractivity contribution in [2.24, 2.45) is 17.6 Å². The van der Waals surface area contributed by atoms with Crippen LogP contribution in [0.15, 0.2) is 106 Å². The van der Waals surface area contributed by atoms with E-state index in [-0.39, 0.29) is 43.1 Å². The van der Waals surface area contributed by atoms with Crippen LogP contribution in [0.2, 0.25) is 0 Å². The largest absolute Gasteiger partial charge is 0.396 e. The Morgan fingerprint density at radius 1 is 0.750 bits per heavy atom. The van der Waals surface area contributed by atoms with Crippen LogP contribution in [0, 0.1) is 23.5 Å². The van der Waals surface area contributed by atoms with Gasteiger partial charge < -0.3 is 34.6 Å². The average molecular weight is 847 g/mol. The smallest absolute Gasteiger partial charge is 0.128 e. The summed E-state index contributed by atoms with van der Waals surface area (Å²) in [6.07, 6.45) is 1.07. The zero-order valence-electron chi connectivity index (χ0n) is 28.7. The standard InChI is InChI=1S/C20H21BrFNO3.C20H23BrFNO3/c21-16-6-7-19(22)18(9-16)20-13-25-17(8-15(20)11-26-23-20)12-24-10-14-4-2-1-3-5-14;21-16-6-7-19(22)18(9-16)20(23)13-26-17(8-15(20)10-24)12-25-11-14-4-2-1-3-5-14/h1-7,9,15,17,23H,8,10-13H2;1-7,9,15,17,24H,8,10-13,23H2/t2*15-,17+,20-/m00/s1. The van der Waals surface area contributed by atoms with Crippen LogP contribution in [-0.4, -0.2) is 57.0 Å². The zero-order valence-corrected chi connectivity index (χ0v) is 31.9. The predicted octanol–water partition coefficient (Wildman–Crippen LogP) is 7.30. The number of benzene rings is 4. The molecule has 6 atom stereocenters. The highest BCUT2D eigenvalue weighted by molar-refractivity contribution is 9.10. The molecule has 12 heteroatoms. The third-order valence-corrected chi connectivity index (χ3v) is 11.0. The van der Waals surface area contributed by atoms with Gasteiger partial charge in [-0.1, -0.05) is 92.5 Å². The molecular weight excluding hydrogens is 802 g/mol. The number of rotatable bonds is 11. The lowest BCUT2D eigenvalue weighted by atomic mass is 9.75. The van der Waals surface area contributed by atoms with Gasteiger partial charge in [0.2, 0.25) is 0 Å². The Labute approximate surface area is 320 Å². The van der Waals surface area contributed by atoms with Crippen LogP contribution in [-0.2, 0) is 48.1 Å². The normalized spacial score (nSPS) is 27.0. The first-order chi connectivity index (χ1) is 25.2. The maximum absolute atomic E-state index is 14.5. The van der Waals surface area contributed by atoms with Gasteiger partial charge in [0, 0.05) is 38.5 Å². The van der Waals surface area contributed by atoms with Gasteiger partial charge in [-0.25, -0.2) is 8.78 Å². The molecule has 3 aliphatic heterocycles. The molecule has 3 saturated heterocycles. The van der Waals surface area contributed by atoms with Crippen molar-refractivity contribution in [2.45, 2.75) is 49.3 Å². The Balaban J connectivity index is 0.000000179. The van der Waals surface area contributed by atoms with Crippen molar-refractivity contribution >= 4 is 31.9 Å². The van der Waals surface area contributed by atoms with Gasteiger partial charge in [0.15, 0.2) is 0 Å². The summed E-state index contributed by atoms with van der Waals surface area (Å²) in [5, 5.41) is 9.86. The Morgan fingerprint density at radius 2 is 1.29 bits per heavy atom. The van der Waals surface area contributed by atoms with Crippen molar-refractivity contribution in [2.75, 3.05) is 39.6 Å². The first-order valence-corrected chi connectivity index (χ1v) is 18.9. The van der Waals surface area contributed by atoms with E-state index in [0.29, 0.717) is 57.2 Å². The van der Waals surface area contributed by atoms with Crippen molar-refractivity contribution in [3.63, 3.8) is 0 Å². The minimum atomic E-state index is -1.07. The molecule has 278 valence electrons. The fourth-order valence-electron chi connectivity index (χ4n) is 7.10. The Hall–Kier alpha value is -2.62. The molecule has 0 bridgehead atoms. The number of nitrogens with two attached hydrogens (primary N) is 1. The molecular formula is C40H44Br2F2N2O6. The lowest BCUT2D eigenvalue weighted by Crippen LogP contribution is -2.55. The summed E-state index contributed by atoms with van der Waals surface area (Å²) in [6, 6.07) is 29.6. The zero-order chi connectivity index (χ0) is 36.6. The third-order valence-electron chi connectivity index (χ3n) is 10.1. The molecule has 0 unspecified atom stereocenters. The lowest BCUT2D eigenvalue weighted by molar-refractivity contribution is -0.106. The molecule has 8 nitrogen and oxygen atoms in total. The van der Waals surface area contributed by atoms with Gasteiger partial charge in [-0.2, -0.15) is 5.48 Å². The van der Waals surface area contributed by atoms with E-state index in [9.17, 15) is 13.9 Å². The summed E-state index contributed by atoms with van der Waals surface area (Å²) in [4.78, 5) is 5.51. The van der Waals surface area contributed by atoms with E-state index in [1.807, 2.05) is 60.7 Å². The van der Waals surface area contributed by atoms with E-state index in [1.54, 1.807) is 24.3 Å². The number of hydrogen-bond donors (Lipinski definition) is 3. The molecule has 4 N–H and O–H groups in total. The number of hydrogen-bond acceptors (Lipinski definition) is 8. The summed E-state index contributed by atoms with van der Waals surface area (Å²) in [5.74, 6) is -0.828. The number of hydroxylamine groups is 1. The van der Waals surface area contributed by atoms with Gasteiger partial charge in [-0.15, -0.1) is 0 Å². The van der Waals surface area contributed by atoms with Crippen molar-refractivity contribution in [3.05, 3.63) is 140 Å². The molecule has 52 heavy (non-hydrogen) atoms. The van der Waals surface area contributed by atoms with Crippen LogP contribution in [0.1, 0.15) is 35.1 Å². The predicted molar refractivity (Wildman–Crippen MR) is 200 cm³/mol. The number of nitrogens with one attached hydrogen (secondary N) is 1. The number of ether oxygens (including phenoxy) is 4.